The van der Waals surface area contributed by atoms with Crippen LogP contribution >= 0.6 is 35.0 Å². The fraction of sp³-hybridized carbons (Fsp3) is 0.520. The zero-order valence-electron chi connectivity index (χ0n) is 20.3. The third kappa shape index (κ3) is 5.03. The number of hydrogen-bond acceptors (Lipinski definition) is 6. The van der Waals surface area contributed by atoms with E-state index in [-0.39, 0.29) is 10.2 Å². The number of halogens is 2. The van der Waals surface area contributed by atoms with E-state index in [1.165, 1.54) is 24.6 Å². The Morgan fingerprint density at radius 2 is 1.91 bits per heavy atom. The zero-order valence-corrected chi connectivity index (χ0v) is 23.4. The normalized spacial score (nSPS) is 21.2. The molecule has 0 unspecified atom stereocenters. The Hall–Kier alpha value is -1.16. The SMILES string of the molecule is CC(C)(C)[S@@+]([O-])N[C@@H]1CCCC12CCN(c1ncc(Sc3cccc(Cl)c3Cl)c3nccn13)CC2. The van der Waals surface area contributed by atoms with Crippen LogP contribution in [-0.4, -0.2) is 42.8 Å². The van der Waals surface area contributed by atoms with Crippen LogP contribution in [0.5, 0.6) is 0 Å². The van der Waals surface area contributed by atoms with Crippen LogP contribution in [0.4, 0.5) is 5.95 Å². The summed E-state index contributed by atoms with van der Waals surface area (Å²) in [5, 5.41) is 1.08. The summed E-state index contributed by atoms with van der Waals surface area (Å²) in [5.74, 6) is 0.912. The highest BCUT2D eigenvalue weighted by Gasteiger charge is 2.48. The van der Waals surface area contributed by atoms with Crippen molar-refractivity contribution in [3.05, 3.63) is 46.8 Å². The second-order valence-electron chi connectivity index (χ2n) is 10.5. The van der Waals surface area contributed by atoms with Gasteiger partial charge in [-0.1, -0.05) is 47.5 Å². The Morgan fingerprint density at radius 1 is 1.14 bits per heavy atom. The highest BCUT2D eigenvalue weighted by molar-refractivity contribution is 7.99. The number of rotatable bonds is 5. The molecule has 1 aliphatic heterocycles. The first-order valence-corrected chi connectivity index (χ1v) is 14.8. The topological polar surface area (TPSA) is 68.5 Å². The van der Waals surface area contributed by atoms with Crippen molar-refractivity contribution in [2.75, 3.05) is 18.0 Å². The Balaban J connectivity index is 1.33. The summed E-state index contributed by atoms with van der Waals surface area (Å²) < 4.78 is 18.1. The van der Waals surface area contributed by atoms with Crippen molar-refractivity contribution in [3.8, 4) is 0 Å². The van der Waals surface area contributed by atoms with Crippen molar-refractivity contribution in [1.29, 1.82) is 0 Å². The van der Waals surface area contributed by atoms with Gasteiger partial charge in [-0.25, -0.2) is 9.97 Å². The van der Waals surface area contributed by atoms with Crippen molar-refractivity contribution in [1.82, 2.24) is 19.1 Å². The average Bonchev–Trinajstić information content (AvgIpc) is 3.45. The quantitative estimate of drug-likeness (QED) is 0.371. The van der Waals surface area contributed by atoms with E-state index in [2.05, 4.69) is 19.0 Å². The number of fused-ring (bicyclic) bond motifs is 1. The van der Waals surface area contributed by atoms with Gasteiger partial charge in [0.2, 0.25) is 5.95 Å². The van der Waals surface area contributed by atoms with Crippen LogP contribution in [0.3, 0.4) is 0 Å². The third-order valence-corrected chi connectivity index (χ3v) is 10.9. The van der Waals surface area contributed by atoms with Gasteiger partial charge in [0.15, 0.2) is 5.65 Å². The lowest BCUT2D eigenvalue weighted by Crippen LogP contribution is -2.53. The number of anilines is 1. The maximum Gasteiger partial charge on any atom is 0.211 e. The first kappa shape index (κ1) is 25.5. The molecule has 3 heterocycles. The van der Waals surface area contributed by atoms with Gasteiger partial charge in [-0.2, -0.15) is 0 Å². The highest BCUT2D eigenvalue weighted by atomic mass is 35.5. The van der Waals surface area contributed by atoms with E-state index in [0.717, 1.165) is 53.7 Å². The standard InChI is InChI=1S/C25H31Cl2N5OS2/c1-24(2,3)35(33)30-20-8-5-9-25(20)10-13-31(14-11-25)23-29-16-19(22-28-12-15-32(22)23)34-18-7-4-6-17(26)21(18)27/h4,6-7,12,15-16,20,30H,5,8-11,13-14H2,1-3H3/t20-,35-/m1/s1. The largest absolute Gasteiger partial charge is 0.598 e. The first-order chi connectivity index (χ1) is 16.7. The number of aromatic nitrogens is 3. The minimum absolute atomic E-state index is 0.213. The van der Waals surface area contributed by atoms with Crippen LogP contribution in [0.15, 0.2) is 46.6 Å². The number of nitrogens with zero attached hydrogens (tertiary/aromatic N) is 4. The van der Waals surface area contributed by atoms with E-state index < -0.39 is 11.4 Å². The molecule has 10 heteroatoms. The molecule has 0 bridgehead atoms. The van der Waals surface area contributed by atoms with E-state index in [9.17, 15) is 4.55 Å². The highest BCUT2D eigenvalue weighted by Crippen LogP contribution is 2.47. The van der Waals surface area contributed by atoms with Crippen molar-refractivity contribution >= 4 is 57.9 Å². The minimum atomic E-state index is -1.04. The summed E-state index contributed by atoms with van der Waals surface area (Å²) in [6, 6.07) is 5.95. The van der Waals surface area contributed by atoms with Crippen LogP contribution < -0.4 is 9.62 Å². The zero-order chi connectivity index (χ0) is 24.8. The molecule has 1 aromatic carbocycles. The third-order valence-electron chi connectivity index (χ3n) is 7.26. The smallest absolute Gasteiger partial charge is 0.211 e. The molecule has 1 aliphatic carbocycles. The fourth-order valence-electron chi connectivity index (χ4n) is 5.25. The van der Waals surface area contributed by atoms with Gasteiger partial charge in [-0.15, -0.1) is 4.72 Å². The maximum absolute atomic E-state index is 12.8. The first-order valence-electron chi connectivity index (χ1n) is 12.0. The molecule has 5 rings (SSSR count). The van der Waals surface area contributed by atoms with E-state index in [0.29, 0.717) is 16.1 Å². The van der Waals surface area contributed by atoms with Gasteiger partial charge in [0.1, 0.15) is 4.75 Å². The molecule has 1 N–H and O–H groups in total. The molecule has 2 fully saturated rings. The Bertz CT molecular complexity index is 1210. The number of piperidine rings is 1. The molecular weight excluding hydrogens is 521 g/mol. The molecule has 1 saturated heterocycles. The summed E-state index contributed by atoms with van der Waals surface area (Å²) in [7, 11) is 0. The molecule has 0 amide bonds. The summed E-state index contributed by atoms with van der Waals surface area (Å²) in [5.41, 5.74) is 1.07. The van der Waals surface area contributed by atoms with E-state index in [1.54, 1.807) is 6.07 Å². The molecule has 2 aromatic heterocycles. The van der Waals surface area contributed by atoms with Crippen LogP contribution in [0, 0.1) is 5.41 Å². The predicted octanol–water partition coefficient (Wildman–Crippen LogP) is 6.38. The number of nitrogens with one attached hydrogen (secondary N) is 1. The van der Waals surface area contributed by atoms with Gasteiger partial charge < -0.3 is 9.45 Å². The van der Waals surface area contributed by atoms with Gasteiger partial charge in [-0.05, 0) is 64.0 Å². The maximum atomic E-state index is 12.8. The van der Waals surface area contributed by atoms with Crippen molar-refractivity contribution < 1.29 is 4.55 Å². The summed E-state index contributed by atoms with van der Waals surface area (Å²) in [6.45, 7) is 7.94. The molecule has 3 aromatic rings. The fourth-order valence-corrected chi connectivity index (χ4v) is 7.63. The Labute approximate surface area is 224 Å². The Kier molecular flexibility index (Phi) is 7.25. The van der Waals surface area contributed by atoms with E-state index in [4.69, 9.17) is 28.2 Å². The molecule has 2 atom stereocenters. The van der Waals surface area contributed by atoms with Crippen LogP contribution in [0.1, 0.15) is 52.9 Å². The molecule has 6 nitrogen and oxygen atoms in total. The van der Waals surface area contributed by atoms with E-state index >= 15 is 0 Å². The molecule has 0 radical (unpaired) electrons. The predicted molar refractivity (Wildman–Crippen MR) is 146 cm³/mol. The number of imidazole rings is 1. The molecular formula is C25H31Cl2N5OS2. The summed E-state index contributed by atoms with van der Waals surface area (Å²) in [4.78, 5) is 13.6. The monoisotopic (exact) mass is 551 g/mol. The summed E-state index contributed by atoms with van der Waals surface area (Å²) in [6.07, 6.45) is 11.3. The second kappa shape index (κ2) is 9.95. The lowest BCUT2D eigenvalue weighted by Gasteiger charge is -2.44. The minimum Gasteiger partial charge on any atom is -0.598 e. The van der Waals surface area contributed by atoms with Gasteiger partial charge in [0.25, 0.3) is 0 Å². The van der Waals surface area contributed by atoms with Crippen LogP contribution in [0.25, 0.3) is 5.65 Å². The van der Waals surface area contributed by atoms with Gasteiger partial charge in [0.05, 0.1) is 21.0 Å². The number of hydrogen-bond donors (Lipinski definition) is 1. The molecule has 35 heavy (non-hydrogen) atoms. The molecule has 2 aliphatic rings. The van der Waals surface area contributed by atoms with E-state index in [1.807, 2.05) is 51.5 Å². The molecule has 188 valence electrons. The van der Waals surface area contributed by atoms with Crippen molar-refractivity contribution in [2.24, 2.45) is 5.41 Å². The summed E-state index contributed by atoms with van der Waals surface area (Å²) >= 11 is 13.1. The van der Waals surface area contributed by atoms with Crippen molar-refractivity contribution in [3.63, 3.8) is 0 Å². The number of benzene rings is 1. The molecule has 1 saturated carbocycles. The van der Waals surface area contributed by atoms with Gasteiger partial charge in [-0.3, -0.25) is 4.40 Å². The lowest BCUT2D eigenvalue weighted by molar-refractivity contribution is 0.186. The second-order valence-corrected chi connectivity index (χ2v) is 14.4. The van der Waals surface area contributed by atoms with Crippen LogP contribution in [-0.2, 0) is 11.4 Å². The lowest BCUT2D eigenvalue weighted by atomic mass is 9.74. The van der Waals surface area contributed by atoms with Crippen molar-refractivity contribution in [2.45, 2.75) is 73.5 Å². The average molecular weight is 553 g/mol. The Morgan fingerprint density at radius 3 is 2.66 bits per heavy atom. The van der Waals surface area contributed by atoms with Crippen LogP contribution in [0.2, 0.25) is 10.0 Å². The van der Waals surface area contributed by atoms with Gasteiger partial charge >= 0.3 is 0 Å². The molecule has 1 spiro atoms. The van der Waals surface area contributed by atoms with Gasteiger partial charge in [0, 0.05) is 47.9 Å².